The lowest BCUT2D eigenvalue weighted by Crippen LogP contribution is -2.43. The molecule has 2 rings (SSSR count). The molecule has 1 amide bonds. The molecule has 8 heteroatoms. The average molecular weight is 305 g/mol. The Morgan fingerprint density at radius 2 is 2.10 bits per heavy atom. The summed E-state index contributed by atoms with van der Waals surface area (Å²) in [4.78, 5) is 23.5. The molecule has 7 nitrogen and oxygen atoms in total. The van der Waals surface area contributed by atoms with Gasteiger partial charge in [0.05, 0.1) is 11.5 Å². The molecule has 0 saturated carbocycles. The molecule has 0 aromatic heterocycles. The number of hydrogen-bond donors (Lipinski definition) is 1. The molecular weight excluding hydrogens is 286 g/mol. The molecule has 3 atom stereocenters. The number of nitrogens with one attached hydrogen (secondary N) is 1. The van der Waals surface area contributed by atoms with Gasteiger partial charge in [0.1, 0.15) is 0 Å². The molecule has 2 heterocycles. The van der Waals surface area contributed by atoms with Gasteiger partial charge in [0.2, 0.25) is 0 Å². The first-order valence-corrected chi connectivity index (χ1v) is 8.52. The van der Waals surface area contributed by atoms with E-state index in [1.807, 2.05) is 0 Å². The van der Waals surface area contributed by atoms with Crippen LogP contribution in [0, 0.1) is 0 Å². The van der Waals surface area contributed by atoms with Gasteiger partial charge in [-0.15, -0.1) is 0 Å². The number of hydrogen-bond acceptors (Lipinski definition) is 6. The molecule has 0 unspecified atom stereocenters. The largest absolute Gasteiger partial charge is 0.451 e. The summed E-state index contributed by atoms with van der Waals surface area (Å²) >= 11 is 0. The lowest BCUT2D eigenvalue weighted by atomic mass is 10.2. The van der Waals surface area contributed by atoms with Gasteiger partial charge in [0.15, 0.2) is 22.0 Å². The second-order valence-corrected chi connectivity index (χ2v) is 7.42. The fourth-order valence-electron chi connectivity index (χ4n) is 2.29. The van der Waals surface area contributed by atoms with Crippen molar-refractivity contribution in [3.8, 4) is 0 Å². The highest BCUT2D eigenvalue weighted by atomic mass is 32.2. The van der Waals surface area contributed by atoms with Crippen molar-refractivity contribution in [2.75, 3.05) is 18.1 Å². The highest BCUT2D eigenvalue weighted by molar-refractivity contribution is 7.91. The summed E-state index contributed by atoms with van der Waals surface area (Å²) in [5.41, 5.74) is 0. The Hall–Kier alpha value is -1.15. The van der Waals surface area contributed by atoms with E-state index >= 15 is 0 Å². The summed E-state index contributed by atoms with van der Waals surface area (Å²) in [6.45, 7) is 1.99. The minimum atomic E-state index is -3.05. The summed E-state index contributed by atoms with van der Waals surface area (Å²) < 4.78 is 32.8. The van der Waals surface area contributed by atoms with Gasteiger partial charge in [-0.25, -0.2) is 13.2 Å². The molecule has 0 aliphatic carbocycles. The molecule has 1 N–H and O–H groups in total. The lowest BCUT2D eigenvalue weighted by molar-refractivity contribution is -0.163. The molecule has 2 aliphatic heterocycles. The van der Waals surface area contributed by atoms with E-state index < -0.39 is 40.0 Å². The van der Waals surface area contributed by atoms with Crippen molar-refractivity contribution in [3.05, 3.63) is 0 Å². The van der Waals surface area contributed by atoms with Gasteiger partial charge in [-0.2, -0.15) is 0 Å². The van der Waals surface area contributed by atoms with Gasteiger partial charge < -0.3 is 14.8 Å². The normalized spacial score (nSPS) is 29.9. The third kappa shape index (κ3) is 3.92. The Balaban J connectivity index is 1.78. The van der Waals surface area contributed by atoms with Gasteiger partial charge >= 0.3 is 5.97 Å². The van der Waals surface area contributed by atoms with E-state index in [4.69, 9.17) is 9.47 Å². The summed E-state index contributed by atoms with van der Waals surface area (Å²) in [6, 6.07) is -0.392. The summed E-state index contributed by atoms with van der Waals surface area (Å²) in [6.07, 6.45) is 0.279. The fraction of sp³-hybridized carbons (Fsp3) is 0.833. The zero-order valence-corrected chi connectivity index (χ0v) is 12.1. The second kappa shape index (κ2) is 6.09. The molecule has 0 aromatic rings. The Morgan fingerprint density at radius 3 is 2.65 bits per heavy atom. The Kier molecular flexibility index (Phi) is 4.64. The molecule has 2 aliphatic rings. The van der Waals surface area contributed by atoms with E-state index in [0.717, 1.165) is 6.42 Å². The topological polar surface area (TPSA) is 98.8 Å². The van der Waals surface area contributed by atoms with Crippen molar-refractivity contribution in [2.45, 2.75) is 44.4 Å². The number of carbonyl (C=O) groups is 2. The number of amides is 1. The third-order valence-electron chi connectivity index (χ3n) is 3.43. The van der Waals surface area contributed by atoms with E-state index in [-0.39, 0.29) is 11.5 Å². The van der Waals surface area contributed by atoms with Crippen molar-refractivity contribution in [3.63, 3.8) is 0 Å². The SMILES string of the molecule is C[C@@H](OC(=O)[C@@H]1CCCO1)C(=O)N[C@H]1CCS(=O)(=O)C1. The predicted molar refractivity (Wildman–Crippen MR) is 69.7 cm³/mol. The van der Waals surface area contributed by atoms with Crippen LogP contribution in [0.3, 0.4) is 0 Å². The maximum absolute atomic E-state index is 11.8. The molecule has 0 aromatic carbocycles. The van der Waals surface area contributed by atoms with Crippen LogP contribution < -0.4 is 5.32 Å². The molecule has 2 saturated heterocycles. The zero-order chi connectivity index (χ0) is 14.8. The molecule has 0 radical (unpaired) electrons. The van der Waals surface area contributed by atoms with E-state index in [1.165, 1.54) is 6.92 Å². The molecule has 0 spiro atoms. The third-order valence-corrected chi connectivity index (χ3v) is 5.20. The lowest BCUT2D eigenvalue weighted by Gasteiger charge is -2.18. The monoisotopic (exact) mass is 305 g/mol. The first kappa shape index (κ1) is 15.2. The van der Waals surface area contributed by atoms with Crippen molar-refractivity contribution in [1.82, 2.24) is 5.32 Å². The molecule has 0 bridgehead atoms. The van der Waals surface area contributed by atoms with Crippen LogP contribution in [0.4, 0.5) is 0 Å². The molecule has 114 valence electrons. The number of ether oxygens (including phenoxy) is 2. The first-order valence-electron chi connectivity index (χ1n) is 6.70. The predicted octanol–water partition coefficient (Wildman–Crippen LogP) is -0.600. The zero-order valence-electron chi connectivity index (χ0n) is 11.3. The highest BCUT2D eigenvalue weighted by Crippen LogP contribution is 2.15. The van der Waals surface area contributed by atoms with Gasteiger partial charge in [-0.3, -0.25) is 4.79 Å². The van der Waals surface area contributed by atoms with Crippen LogP contribution in [0.1, 0.15) is 26.2 Å². The van der Waals surface area contributed by atoms with Crippen molar-refractivity contribution >= 4 is 21.7 Å². The van der Waals surface area contributed by atoms with Gasteiger partial charge in [0.25, 0.3) is 5.91 Å². The molecular formula is C12H19NO6S. The molecule has 2 fully saturated rings. The van der Waals surface area contributed by atoms with Crippen molar-refractivity contribution in [2.24, 2.45) is 0 Å². The summed E-state index contributed by atoms with van der Waals surface area (Å²) in [7, 11) is -3.05. The van der Waals surface area contributed by atoms with Crippen molar-refractivity contribution < 1.29 is 27.5 Å². The van der Waals surface area contributed by atoms with Crippen LogP contribution in [-0.2, 0) is 28.9 Å². The number of carbonyl (C=O) groups excluding carboxylic acids is 2. The van der Waals surface area contributed by atoms with Crippen LogP contribution in [-0.4, -0.2) is 56.7 Å². The van der Waals surface area contributed by atoms with Crippen LogP contribution in [0.15, 0.2) is 0 Å². The average Bonchev–Trinajstić information content (AvgIpc) is 2.98. The molecule has 20 heavy (non-hydrogen) atoms. The Bertz CT molecular complexity index is 482. The van der Waals surface area contributed by atoms with Crippen LogP contribution >= 0.6 is 0 Å². The standard InChI is InChI=1S/C12H19NO6S/c1-8(19-12(15)10-3-2-5-18-10)11(14)13-9-4-6-20(16,17)7-9/h8-10H,2-7H2,1H3,(H,13,14)/t8-,9+,10+/m1/s1. The van der Waals surface area contributed by atoms with Gasteiger partial charge in [0, 0.05) is 12.6 Å². The smallest absolute Gasteiger partial charge is 0.336 e. The number of esters is 1. The minimum absolute atomic E-state index is 0.0505. The minimum Gasteiger partial charge on any atom is -0.451 e. The summed E-state index contributed by atoms with van der Waals surface area (Å²) in [5, 5.41) is 2.59. The Labute approximate surface area is 117 Å². The first-order chi connectivity index (χ1) is 9.37. The highest BCUT2D eigenvalue weighted by Gasteiger charge is 2.32. The van der Waals surface area contributed by atoms with E-state index in [1.54, 1.807) is 0 Å². The Morgan fingerprint density at radius 1 is 1.35 bits per heavy atom. The van der Waals surface area contributed by atoms with E-state index in [0.29, 0.717) is 19.4 Å². The maximum Gasteiger partial charge on any atom is 0.336 e. The van der Waals surface area contributed by atoms with Crippen LogP contribution in [0.2, 0.25) is 0 Å². The van der Waals surface area contributed by atoms with Crippen LogP contribution in [0.25, 0.3) is 0 Å². The van der Waals surface area contributed by atoms with Crippen LogP contribution in [0.5, 0.6) is 0 Å². The van der Waals surface area contributed by atoms with Gasteiger partial charge in [-0.1, -0.05) is 0 Å². The van der Waals surface area contributed by atoms with Gasteiger partial charge in [-0.05, 0) is 26.2 Å². The second-order valence-electron chi connectivity index (χ2n) is 5.19. The number of sulfone groups is 1. The van der Waals surface area contributed by atoms with E-state index in [2.05, 4.69) is 5.32 Å². The van der Waals surface area contributed by atoms with Crippen molar-refractivity contribution in [1.29, 1.82) is 0 Å². The fourth-order valence-corrected chi connectivity index (χ4v) is 3.97. The summed E-state index contributed by atoms with van der Waals surface area (Å²) in [5.74, 6) is -0.977. The van der Waals surface area contributed by atoms with E-state index in [9.17, 15) is 18.0 Å². The number of rotatable bonds is 4. The quantitative estimate of drug-likeness (QED) is 0.696. The maximum atomic E-state index is 11.8.